The monoisotopic (exact) mass is 468 g/mol. The van der Waals surface area contributed by atoms with E-state index in [1.165, 1.54) is 24.4 Å². The molecule has 0 saturated carbocycles. The molecule has 0 spiro atoms. The third kappa shape index (κ3) is 5.29. The number of piperidine rings is 1. The number of hydrogen-bond donors (Lipinski definition) is 2. The number of nitrogens with one attached hydrogen (secondary N) is 2. The van der Waals surface area contributed by atoms with Gasteiger partial charge in [-0.05, 0) is 49.1 Å². The van der Waals surface area contributed by atoms with Gasteiger partial charge in [0.15, 0.2) is 0 Å². The van der Waals surface area contributed by atoms with Crippen LogP contribution in [0, 0.1) is 6.92 Å². The summed E-state index contributed by atoms with van der Waals surface area (Å²) in [6.07, 6.45) is 7.56. The summed E-state index contributed by atoms with van der Waals surface area (Å²) in [6, 6.07) is 16.2. The summed E-state index contributed by atoms with van der Waals surface area (Å²) in [5, 5.41) is 10.6. The molecule has 0 radical (unpaired) electrons. The van der Waals surface area contributed by atoms with Crippen LogP contribution in [-0.4, -0.2) is 43.7 Å². The molecule has 9 nitrogen and oxygen atoms in total. The second kappa shape index (κ2) is 9.92. The molecular formula is C26H28N8O. The molecule has 2 aromatic heterocycles. The maximum atomic E-state index is 11.3. The highest BCUT2D eigenvalue weighted by molar-refractivity contribution is 5.89. The van der Waals surface area contributed by atoms with Crippen LogP contribution in [0.4, 0.5) is 23.3 Å². The van der Waals surface area contributed by atoms with E-state index < -0.39 is 0 Å². The number of carbonyl (C=O) groups is 1. The van der Waals surface area contributed by atoms with E-state index in [0.717, 1.165) is 37.2 Å². The van der Waals surface area contributed by atoms with Crippen molar-refractivity contribution in [3.05, 3.63) is 72.8 Å². The second-order valence-corrected chi connectivity index (χ2v) is 8.74. The van der Waals surface area contributed by atoms with Crippen molar-refractivity contribution in [2.24, 2.45) is 0 Å². The highest BCUT2D eigenvalue weighted by atomic mass is 16.1. The van der Waals surface area contributed by atoms with Gasteiger partial charge in [-0.3, -0.25) is 9.48 Å². The number of nitrogens with zero attached hydrogens (tertiary/aromatic N) is 6. The molecule has 0 unspecified atom stereocenters. The van der Waals surface area contributed by atoms with Gasteiger partial charge in [0, 0.05) is 43.1 Å². The number of benzene rings is 2. The van der Waals surface area contributed by atoms with Crippen molar-refractivity contribution in [2.45, 2.75) is 32.7 Å². The fourth-order valence-electron chi connectivity index (χ4n) is 4.41. The van der Waals surface area contributed by atoms with Gasteiger partial charge in [0.2, 0.25) is 17.8 Å². The van der Waals surface area contributed by atoms with Gasteiger partial charge in [-0.25, -0.2) is 9.97 Å². The third-order valence-electron chi connectivity index (χ3n) is 6.18. The number of anilines is 4. The normalized spacial score (nSPS) is 14.1. The lowest BCUT2D eigenvalue weighted by Gasteiger charge is -2.32. The summed E-state index contributed by atoms with van der Waals surface area (Å²) in [7, 11) is 0. The quantitative estimate of drug-likeness (QED) is 0.427. The van der Waals surface area contributed by atoms with Gasteiger partial charge in [-0.2, -0.15) is 10.1 Å². The number of amides is 1. The first kappa shape index (κ1) is 22.5. The van der Waals surface area contributed by atoms with Gasteiger partial charge < -0.3 is 15.5 Å². The van der Waals surface area contributed by atoms with Gasteiger partial charge in [-0.15, -0.1) is 0 Å². The highest BCUT2D eigenvalue weighted by Crippen LogP contribution is 2.28. The smallest absolute Gasteiger partial charge is 0.231 e. The fourth-order valence-corrected chi connectivity index (χ4v) is 4.41. The van der Waals surface area contributed by atoms with Crippen LogP contribution in [0.2, 0.25) is 0 Å². The van der Waals surface area contributed by atoms with E-state index in [0.29, 0.717) is 23.6 Å². The van der Waals surface area contributed by atoms with Crippen molar-refractivity contribution in [1.29, 1.82) is 0 Å². The molecular weight excluding hydrogens is 440 g/mol. The summed E-state index contributed by atoms with van der Waals surface area (Å²) >= 11 is 0. The minimum Gasteiger partial charge on any atom is -0.341 e. The average Bonchev–Trinajstić information content (AvgIpc) is 3.35. The Labute approximate surface area is 204 Å². The highest BCUT2D eigenvalue weighted by Gasteiger charge is 2.23. The Balaban J connectivity index is 1.22. The first-order valence-corrected chi connectivity index (χ1v) is 11.7. The van der Waals surface area contributed by atoms with Crippen LogP contribution in [0.1, 0.15) is 31.4 Å². The van der Waals surface area contributed by atoms with Gasteiger partial charge in [-0.1, -0.05) is 30.3 Å². The number of hydrogen-bond acceptors (Lipinski definition) is 7. The number of aromatic nitrogens is 5. The molecule has 2 N–H and O–H groups in total. The van der Waals surface area contributed by atoms with Crippen molar-refractivity contribution in [3.63, 3.8) is 0 Å². The molecule has 3 heterocycles. The molecule has 2 aromatic carbocycles. The molecule has 0 atom stereocenters. The Morgan fingerprint density at radius 3 is 2.63 bits per heavy atom. The predicted octanol–water partition coefficient (Wildman–Crippen LogP) is 4.59. The minimum absolute atomic E-state index is 0.116. The lowest BCUT2D eigenvalue weighted by atomic mass is 10.0. The van der Waals surface area contributed by atoms with Crippen LogP contribution >= 0.6 is 0 Å². The fraction of sp³-hybridized carbons (Fsp3) is 0.269. The van der Waals surface area contributed by atoms with Crippen molar-refractivity contribution < 1.29 is 4.79 Å². The van der Waals surface area contributed by atoms with Gasteiger partial charge in [0.1, 0.15) is 6.33 Å². The average molecular weight is 469 g/mol. The molecule has 1 saturated heterocycles. The summed E-state index contributed by atoms with van der Waals surface area (Å²) in [5.41, 5.74) is 5.13. The maximum absolute atomic E-state index is 11.3. The van der Waals surface area contributed by atoms with Crippen LogP contribution < -0.4 is 15.5 Å². The Hall–Kier alpha value is -4.27. The lowest BCUT2D eigenvalue weighted by molar-refractivity contribution is -0.114. The van der Waals surface area contributed by atoms with E-state index in [-0.39, 0.29) is 5.91 Å². The largest absolute Gasteiger partial charge is 0.341 e. The first-order chi connectivity index (χ1) is 17.0. The molecule has 178 valence electrons. The van der Waals surface area contributed by atoms with E-state index in [1.807, 2.05) is 30.5 Å². The lowest BCUT2D eigenvalue weighted by Crippen LogP contribution is -2.36. The molecule has 35 heavy (non-hydrogen) atoms. The molecule has 1 aliphatic heterocycles. The second-order valence-electron chi connectivity index (χ2n) is 8.74. The van der Waals surface area contributed by atoms with Crippen LogP contribution in [0.3, 0.4) is 0 Å². The van der Waals surface area contributed by atoms with Crippen LogP contribution in [-0.2, 0) is 4.79 Å². The predicted molar refractivity (Wildman–Crippen MR) is 137 cm³/mol. The molecule has 9 heteroatoms. The molecule has 1 aliphatic rings. The molecule has 0 aliphatic carbocycles. The van der Waals surface area contributed by atoms with Crippen LogP contribution in [0.5, 0.6) is 0 Å². The molecule has 1 fully saturated rings. The van der Waals surface area contributed by atoms with Crippen molar-refractivity contribution in [2.75, 3.05) is 28.6 Å². The number of aryl methyl sites for hydroxylation is 1. The van der Waals surface area contributed by atoms with E-state index in [1.54, 1.807) is 0 Å². The summed E-state index contributed by atoms with van der Waals surface area (Å²) in [6.45, 7) is 5.29. The molecule has 0 bridgehead atoms. The van der Waals surface area contributed by atoms with Crippen molar-refractivity contribution >= 4 is 29.2 Å². The van der Waals surface area contributed by atoms with Crippen molar-refractivity contribution in [1.82, 2.24) is 24.7 Å². The van der Waals surface area contributed by atoms with Gasteiger partial charge in [0.25, 0.3) is 0 Å². The standard InChI is InChI=1S/C26H28N8O/c1-18-6-3-4-9-24(18)20-15-29-34(16-20)23-10-12-33(13-11-23)26-28-17-27-25(32-26)31-22-8-5-7-21(14-22)30-19(2)35/h3-9,14-17,23H,10-13H2,1-2H3,(H,30,35)(H,27,28,31,32). The van der Waals surface area contributed by atoms with Crippen LogP contribution in [0.15, 0.2) is 67.3 Å². The van der Waals surface area contributed by atoms with Gasteiger partial charge >= 0.3 is 0 Å². The maximum Gasteiger partial charge on any atom is 0.231 e. The number of rotatable bonds is 6. The molecule has 5 rings (SSSR count). The van der Waals surface area contributed by atoms with Crippen molar-refractivity contribution in [3.8, 4) is 11.1 Å². The first-order valence-electron chi connectivity index (χ1n) is 11.7. The van der Waals surface area contributed by atoms with E-state index in [4.69, 9.17) is 0 Å². The number of carbonyl (C=O) groups excluding carboxylic acids is 1. The molecule has 1 amide bonds. The zero-order valence-electron chi connectivity index (χ0n) is 19.8. The Morgan fingerprint density at radius 1 is 1.03 bits per heavy atom. The van der Waals surface area contributed by atoms with E-state index >= 15 is 0 Å². The van der Waals surface area contributed by atoms with Crippen LogP contribution in [0.25, 0.3) is 11.1 Å². The summed E-state index contributed by atoms with van der Waals surface area (Å²) < 4.78 is 2.10. The topological polar surface area (TPSA) is 101 Å². The van der Waals surface area contributed by atoms with E-state index in [9.17, 15) is 4.79 Å². The Morgan fingerprint density at radius 2 is 1.83 bits per heavy atom. The summed E-state index contributed by atoms with van der Waals surface area (Å²) in [4.78, 5) is 26.8. The van der Waals surface area contributed by atoms with E-state index in [2.05, 4.69) is 77.7 Å². The summed E-state index contributed by atoms with van der Waals surface area (Å²) in [5.74, 6) is 1.00. The third-order valence-corrected chi connectivity index (χ3v) is 6.18. The zero-order valence-corrected chi connectivity index (χ0v) is 19.8. The SMILES string of the molecule is CC(=O)Nc1cccc(Nc2ncnc(N3CCC(n4cc(-c5ccccc5C)cn4)CC3)n2)c1. The Bertz CT molecular complexity index is 1330. The molecule has 4 aromatic rings. The minimum atomic E-state index is -0.116. The zero-order chi connectivity index (χ0) is 24.2. The van der Waals surface area contributed by atoms with Gasteiger partial charge in [0.05, 0.1) is 12.2 Å². The Kier molecular flexibility index (Phi) is 6.38.